The van der Waals surface area contributed by atoms with E-state index in [0.29, 0.717) is 29.1 Å². The second-order valence-electron chi connectivity index (χ2n) is 10.5. The van der Waals surface area contributed by atoms with Crippen LogP contribution in [0.3, 0.4) is 0 Å². The topological polar surface area (TPSA) is 107 Å². The SMILES string of the molecule is CC1=N[C@@H](NC(=O)Nc2cc(C)ccn2)C(=O)N(CC(=O)N2CC3CCC(CC3)C2)c2c(C)cccc21. The summed E-state index contributed by atoms with van der Waals surface area (Å²) < 4.78 is 0. The zero-order valence-corrected chi connectivity index (χ0v) is 21.7. The van der Waals surface area contributed by atoms with Gasteiger partial charge in [-0.05, 0) is 81.5 Å². The highest BCUT2D eigenvalue weighted by Gasteiger charge is 2.37. The zero-order valence-electron chi connectivity index (χ0n) is 21.7. The summed E-state index contributed by atoms with van der Waals surface area (Å²) >= 11 is 0. The number of carbonyl (C=O) groups is 3. The lowest BCUT2D eigenvalue weighted by Gasteiger charge is -2.30. The van der Waals surface area contributed by atoms with E-state index in [1.54, 1.807) is 12.3 Å². The van der Waals surface area contributed by atoms with E-state index in [9.17, 15) is 14.4 Å². The molecule has 0 unspecified atom stereocenters. The standard InChI is InChI=1S/C28H34N6O3/c1-17-11-12-29-23(13-17)31-28(37)32-26-27(36)34(25-18(2)5-4-6-22(25)19(3)30-26)16-24(35)33-14-20-7-8-21(15-33)10-9-20/h4-6,11-13,20-21,26H,7-10,14-16H2,1-3H3,(H2,29,31,32,37)/t20?,21?,26-/m0/s1. The molecule has 1 atom stereocenters. The highest BCUT2D eigenvalue weighted by Crippen LogP contribution is 2.34. The maximum Gasteiger partial charge on any atom is 0.322 e. The lowest BCUT2D eigenvalue weighted by atomic mass is 9.84. The number of benzodiazepines with no additional fused rings is 1. The predicted octanol–water partition coefficient (Wildman–Crippen LogP) is 3.65. The van der Waals surface area contributed by atoms with Crippen LogP contribution < -0.4 is 15.5 Å². The second-order valence-corrected chi connectivity index (χ2v) is 10.5. The minimum absolute atomic E-state index is 0.0620. The average Bonchev–Trinajstić information content (AvgIpc) is 3.24. The summed E-state index contributed by atoms with van der Waals surface area (Å²) in [5.41, 5.74) is 3.89. The number of aryl methyl sites for hydroxylation is 2. The van der Waals surface area contributed by atoms with Crippen molar-refractivity contribution in [3.8, 4) is 0 Å². The summed E-state index contributed by atoms with van der Waals surface area (Å²) in [6, 6.07) is 8.71. The molecule has 4 aliphatic rings. The molecule has 194 valence electrons. The number of carbonyl (C=O) groups excluding carboxylic acids is 3. The van der Waals surface area contributed by atoms with Gasteiger partial charge in [-0.1, -0.05) is 18.2 Å². The quantitative estimate of drug-likeness (QED) is 0.665. The van der Waals surface area contributed by atoms with Crippen LogP contribution in [0.5, 0.6) is 0 Å². The van der Waals surface area contributed by atoms with Gasteiger partial charge >= 0.3 is 6.03 Å². The highest BCUT2D eigenvalue weighted by molar-refractivity contribution is 6.14. The first-order valence-electron chi connectivity index (χ1n) is 13.0. The largest absolute Gasteiger partial charge is 0.341 e. The Kier molecular flexibility index (Phi) is 6.95. The van der Waals surface area contributed by atoms with E-state index >= 15 is 0 Å². The summed E-state index contributed by atoms with van der Waals surface area (Å²) in [5.74, 6) is 0.950. The number of urea groups is 1. The maximum absolute atomic E-state index is 13.9. The molecule has 2 saturated heterocycles. The van der Waals surface area contributed by atoms with Crippen LogP contribution in [0, 0.1) is 25.7 Å². The van der Waals surface area contributed by atoms with E-state index in [1.165, 1.54) is 30.6 Å². The van der Waals surface area contributed by atoms with Crippen LogP contribution in [-0.2, 0) is 9.59 Å². The van der Waals surface area contributed by atoms with Gasteiger partial charge in [0.1, 0.15) is 12.4 Å². The first kappa shape index (κ1) is 24.9. The van der Waals surface area contributed by atoms with Crippen molar-refractivity contribution in [3.63, 3.8) is 0 Å². The number of amides is 4. The van der Waals surface area contributed by atoms with E-state index < -0.39 is 18.1 Å². The van der Waals surface area contributed by atoms with Gasteiger partial charge < -0.3 is 10.2 Å². The zero-order chi connectivity index (χ0) is 26.1. The molecule has 1 aromatic carbocycles. The molecule has 4 heterocycles. The molecule has 2 N–H and O–H groups in total. The van der Waals surface area contributed by atoms with Gasteiger partial charge in [0.15, 0.2) is 0 Å². The molecule has 9 nitrogen and oxygen atoms in total. The van der Waals surface area contributed by atoms with E-state index in [0.717, 1.165) is 29.8 Å². The monoisotopic (exact) mass is 502 g/mol. The Morgan fingerprint density at radius 1 is 1.03 bits per heavy atom. The molecule has 2 bridgehead atoms. The second kappa shape index (κ2) is 10.3. The fraction of sp³-hybridized carbons (Fsp3) is 0.464. The summed E-state index contributed by atoms with van der Waals surface area (Å²) in [5, 5.41) is 5.36. The van der Waals surface area contributed by atoms with Crippen LogP contribution in [0.15, 0.2) is 41.5 Å². The van der Waals surface area contributed by atoms with Gasteiger partial charge in [-0.25, -0.2) is 9.78 Å². The van der Waals surface area contributed by atoms with Crippen molar-refractivity contribution in [1.29, 1.82) is 0 Å². The minimum Gasteiger partial charge on any atom is -0.341 e. The molecule has 1 aliphatic carbocycles. The molecule has 4 amide bonds. The molecule has 1 saturated carbocycles. The third kappa shape index (κ3) is 5.35. The number of para-hydroxylation sites is 1. The third-order valence-electron chi connectivity index (χ3n) is 7.71. The normalized spacial score (nSPS) is 23.1. The van der Waals surface area contributed by atoms with Crippen molar-refractivity contribution >= 4 is 35.1 Å². The number of hydrogen-bond acceptors (Lipinski definition) is 5. The number of benzene rings is 1. The Labute approximate surface area is 217 Å². The van der Waals surface area contributed by atoms with Crippen LogP contribution in [0.1, 0.15) is 49.3 Å². The number of pyridine rings is 1. The molecule has 3 aliphatic heterocycles. The van der Waals surface area contributed by atoms with Crippen molar-refractivity contribution in [2.24, 2.45) is 16.8 Å². The van der Waals surface area contributed by atoms with Crippen LogP contribution in [0.25, 0.3) is 0 Å². The first-order chi connectivity index (χ1) is 17.8. The summed E-state index contributed by atoms with van der Waals surface area (Å²) in [6.07, 6.45) is 5.11. The molecule has 0 radical (unpaired) electrons. The summed E-state index contributed by atoms with van der Waals surface area (Å²) in [4.78, 5) is 52.4. The van der Waals surface area contributed by atoms with Crippen LogP contribution in [0.2, 0.25) is 0 Å². The molecule has 3 fully saturated rings. The molecule has 6 rings (SSSR count). The molecule has 2 aromatic rings. The van der Waals surface area contributed by atoms with E-state index in [1.807, 2.05) is 49.9 Å². The number of rotatable bonds is 4. The Hall–Kier alpha value is -3.75. The fourth-order valence-electron chi connectivity index (χ4n) is 5.75. The summed E-state index contributed by atoms with van der Waals surface area (Å²) in [7, 11) is 0. The van der Waals surface area contributed by atoms with E-state index in [2.05, 4.69) is 20.6 Å². The van der Waals surface area contributed by atoms with Gasteiger partial charge in [-0.3, -0.25) is 24.8 Å². The third-order valence-corrected chi connectivity index (χ3v) is 7.71. The number of anilines is 2. The Morgan fingerprint density at radius 3 is 2.41 bits per heavy atom. The summed E-state index contributed by atoms with van der Waals surface area (Å²) in [6.45, 7) is 7.06. The van der Waals surface area contributed by atoms with Gasteiger partial charge in [-0.15, -0.1) is 0 Å². The predicted molar refractivity (Wildman–Crippen MR) is 143 cm³/mol. The molecule has 0 spiro atoms. The number of aliphatic imine (C=N–C) groups is 1. The van der Waals surface area contributed by atoms with Gasteiger partial charge in [0.25, 0.3) is 5.91 Å². The van der Waals surface area contributed by atoms with Gasteiger partial charge in [0.05, 0.1) is 5.69 Å². The minimum atomic E-state index is -1.18. The number of hydrogen-bond donors (Lipinski definition) is 2. The van der Waals surface area contributed by atoms with Gasteiger partial charge in [0.2, 0.25) is 12.1 Å². The van der Waals surface area contributed by atoms with Crippen LogP contribution in [0.4, 0.5) is 16.3 Å². The number of nitrogens with zero attached hydrogens (tertiary/aromatic N) is 4. The van der Waals surface area contributed by atoms with Crippen molar-refractivity contribution in [1.82, 2.24) is 15.2 Å². The van der Waals surface area contributed by atoms with Crippen molar-refractivity contribution in [2.75, 3.05) is 29.9 Å². The fourth-order valence-corrected chi connectivity index (χ4v) is 5.75. The Bertz CT molecular complexity index is 1240. The van der Waals surface area contributed by atoms with Crippen LogP contribution >= 0.6 is 0 Å². The van der Waals surface area contributed by atoms with Crippen molar-refractivity contribution in [3.05, 3.63) is 53.2 Å². The Morgan fingerprint density at radius 2 is 1.73 bits per heavy atom. The number of aromatic nitrogens is 1. The molecule has 37 heavy (non-hydrogen) atoms. The van der Waals surface area contributed by atoms with E-state index in [-0.39, 0.29) is 12.5 Å². The number of nitrogens with one attached hydrogen (secondary N) is 2. The first-order valence-corrected chi connectivity index (χ1v) is 13.0. The molecule has 9 heteroatoms. The Balaban J connectivity index is 1.40. The van der Waals surface area contributed by atoms with Crippen molar-refractivity contribution < 1.29 is 14.4 Å². The lowest BCUT2D eigenvalue weighted by molar-refractivity contribution is -0.132. The maximum atomic E-state index is 13.9. The molecule has 1 aromatic heterocycles. The molecular formula is C28H34N6O3. The van der Waals surface area contributed by atoms with E-state index in [4.69, 9.17) is 0 Å². The average molecular weight is 503 g/mol. The van der Waals surface area contributed by atoms with Crippen molar-refractivity contribution in [2.45, 2.75) is 52.6 Å². The smallest absolute Gasteiger partial charge is 0.322 e. The number of fused-ring (bicyclic) bond motifs is 5. The van der Waals surface area contributed by atoms with Gasteiger partial charge in [0, 0.05) is 30.6 Å². The molecular weight excluding hydrogens is 468 g/mol. The lowest BCUT2D eigenvalue weighted by Crippen LogP contribution is -2.52. The van der Waals surface area contributed by atoms with Crippen LogP contribution in [-0.4, -0.2) is 59.2 Å². The van der Waals surface area contributed by atoms with Gasteiger partial charge in [-0.2, -0.15) is 0 Å². The highest BCUT2D eigenvalue weighted by atomic mass is 16.2.